The molecule has 17 heavy (non-hydrogen) atoms. The van der Waals surface area contributed by atoms with E-state index in [2.05, 4.69) is 0 Å². The van der Waals surface area contributed by atoms with Crippen LogP contribution in [-0.4, -0.2) is 13.9 Å². The summed E-state index contributed by atoms with van der Waals surface area (Å²) in [5.41, 5.74) is -0.718. The number of hydrogen-bond donors (Lipinski definition) is 2. The summed E-state index contributed by atoms with van der Waals surface area (Å²) in [7, 11) is -4.77. The molecular weight excluding hydrogens is 288 g/mol. The average Bonchev–Trinajstić information content (AvgIpc) is 2.24. The molecule has 0 spiro atoms. The zero-order chi connectivity index (χ0) is 12.8. The Morgan fingerprint density at radius 3 is 2.41 bits per heavy atom. The first-order valence-electron chi connectivity index (χ1n) is 4.39. The van der Waals surface area contributed by atoms with Crippen LogP contribution in [-0.2, 0) is 4.57 Å². The minimum atomic E-state index is -4.77. The smallest absolute Gasteiger partial charge is 0.321 e. The van der Waals surface area contributed by atoms with Crippen LogP contribution in [0.4, 0.5) is 0 Å². The van der Waals surface area contributed by atoms with Crippen molar-refractivity contribution in [3.8, 4) is 0 Å². The molecule has 0 bridgehead atoms. The van der Waals surface area contributed by atoms with Gasteiger partial charge >= 0.3 is 7.60 Å². The van der Waals surface area contributed by atoms with Gasteiger partial charge in [-0.15, -0.1) is 0 Å². The molecule has 8 heteroatoms. The Labute approximate surface area is 105 Å². The number of aromatic nitrogens is 1. The minimum absolute atomic E-state index is 0.268. The van der Waals surface area contributed by atoms with Crippen molar-refractivity contribution in [2.75, 3.05) is 0 Å². The van der Waals surface area contributed by atoms with Crippen LogP contribution in [0.2, 0.25) is 5.02 Å². The molecule has 0 saturated carbocycles. The van der Waals surface area contributed by atoms with E-state index in [-0.39, 0.29) is 5.02 Å². The molecule has 90 valence electrons. The zero-order valence-electron chi connectivity index (χ0n) is 8.17. The predicted octanol–water partition coefficient (Wildman–Crippen LogP) is 1.46. The summed E-state index contributed by atoms with van der Waals surface area (Å²) < 4.78 is 11.9. The number of hydrogen-bond acceptors (Lipinski definition) is 2. The monoisotopic (exact) mass is 293 g/mol. The van der Waals surface area contributed by atoms with Crippen LogP contribution in [0.25, 0.3) is 10.9 Å². The highest BCUT2D eigenvalue weighted by Crippen LogP contribution is 2.37. The molecule has 0 radical (unpaired) electrons. The van der Waals surface area contributed by atoms with E-state index in [0.717, 1.165) is 0 Å². The van der Waals surface area contributed by atoms with Crippen molar-refractivity contribution in [3.05, 3.63) is 39.6 Å². The fourth-order valence-electron chi connectivity index (χ4n) is 1.51. The molecule has 2 N–H and O–H groups in total. The fourth-order valence-corrected chi connectivity index (χ4v) is 3.09. The highest BCUT2D eigenvalue weighted by Gasteiger charge is 2.28. The number of fused-ring (bicyclic) bond motifs is 1. The summed E-state index contributed by atoms with van der Waals surface area (Å²) >= 11 is 11.6. The van der Waals surface area contributed by atoms with E-state index < -0.39 is 18.5 Å². The quantitative estimate of drug-likeness (QED) is 0.780. The number of rotatable bonds is 1. The molecule has 0 unspecified atom stereocenters. The van der Waals surface area contributed by atoms with Crippen LogP contribution in [0.1, 0.15) is 0 Å². The summed E-state index contributed by atoms with van der Waals surface area (Å²) in [4.78, 5) is 29.9. The Kier molecular flexibility index (Phi) is 3.06. The maximum absolute atomic E-state index is 11.7. The average molecular weight is 294 g/mol. The first-order valence-corrected chi connectivity index (χ1v) is 6.72. The van der Waals surface area contributed by atoms with E-state index in [0.29, 0.717) is 15.0 Å². The number of pyridine rings is 1. The molecule has 1 heterocycles. The SMILES string of the molecule is O=c1c(P(=O)(O)O)c(Cl)c2ccccc2n1Cl. The second-order valence-corrected chi connectivity index (χ2v) is 5.56. The Bertz CT molecular complexity index is 706. The molecule has 1 aromatic carbocycles. The third-order valence-corrected chi connectivity index (χ3v) is 4.09. The second kappa shape index (κ2) is 4.12. The molecule has 2 aromatic rings. The van der Waals surface area contributed by atoms with Gasteiger partial charge in [0.25, 0.3) is 5.56 Å². The van der Waals surface area contributed by atoms with E-state index in [4.69, 9.17) is 33.2 Å². The van der Waals surface area contributed by atoms with Gasteiger partial charge in [-0.25, -0.2) is 4.09 Å². The summed E-state index contributed by atoms with van der Waals surface area (Å²) in [5, 5.41) is -0.745. The van der Waals surface area contributed by atoms with Gasteiger partial charge in [-0.2, -0.15) is 0 Å². The minimum Gasteiger partial charge on any atom is -0.321 e. The third-order valence-electron chi connectivity index (χ3n) is 2.23. The highest BCUT2D eigenvalue weighted by molar-refractivity contribution is 7.60. The molecule has 0 amide bonds. The normalized spacial score (nSPS) is 12.0. The van der Waals surface area contributed by atoms with Gasteiger partial charge < -0.3 is 9.79 Å². The van der Waals surface area contributed by atoms with Crippen LogP contribution in [0, 0.1) is 0 Å². The van der Waals surface area contributed by atoms with Crippen LogP contribution in [0.5, 0.6) is 0 Å². The van der Waals surface area contributed by atoms with Crippen LogP contribution >= 0.6 is 31.0 Å². The van der Waals surface area contributed by atoms with Crippen LogP contribution in [0.3, 0.4) is 0 Å². The number of nitrogens with zero attached hydrogens (tertiary/aromatic N) is 1. The standard InChI is InChI=1S/C9H6Cl2NO4P/c10-7-5-3-1-2-4-6(5)12(11)9(13)8(7)17(14,15)16/h1-4H,(H2,14,15,16). The number of halogens is 2. The third kappa shape index (κ3) is 2.01. The van der Waals surface area contributed by atoms with E-state index in [9.17, 15) is 9.36 Å². The lowest BCUT2D eigenvalue weighted by atomic mass is 10.2. The lowest BCUT2D eigenvalue weighted by Gasteiger charge is -2.10. The van der Waals surface area contributed by atoms with Crippen molar-refractivity contribution in [1.82, 2.24) is 4.09 Å². The molecule has 0 fully saturated rings. The van der Waals surface area contributed by atoms with E-state index >= 15 is 0 Å². The van der Waals surface area contributed by atoms with E-state index in [1.54, 1.807) is 12.1 Å². The Morgan fingerprint density at radius 2 is 1.82 bits per heavy atom. The zero-order valence-corrected chi connectivity index (χ0v) is 10.6. The molecule has 1 aromatic heterocycles. The Balaban J connectivity index is 3.08. The van der Waals surface area contributed by atoms with Crippen molar-refractivity contribution in [3.63, 3.8) is 0 Å². The summed E-state index contributed by atoms with van der Waals surface area (Å²) in [6.07, 6.45) is 0. The van der Waals surface area contributed by atoms with Crippen molar-refractivity contribution < 1.29 is 14.4 Å². The summed E-state index contributed by atoms with van der Waals surface area (Å²) in [5.74, 6) is 0. The summed E-state index contributed by atoms with van der Waals surface area (Å²) in [6.45, 7) is 0. The number of para-hydroxylation sites is 1. The lowest BCUT2D eigenvalue weighted by molar-refractivity contribution is 0.387. The first-order chi connectivity index (χ1) is 7.84. The second-order valence-electron chi connectivity index (χ2n) is 3.31. The van der Waals surface area contributed by atoms with Gasteiger partial charge in [0.05, 0.1) is 10.5 Å². The van der Waals surface area contributed by atoms with Gasteiger partial charge in [-0.05, 0) is 6.07 Å². The highest BCUT2D eigenvalue weighted by atomic mass is 35.5. The Morgan fingerprint density at radius 1 is 1.24 bits per heavy atom. The molecule has 0 aliphatic rings. The topological polar surface area (TPSA) is 79.5 Å². The van der Waals surface area contributed by atoms with Gasteiger partial charge in [-0.1, -0.05) is 29.8 Å². The van der Waals surface area contributed by atoms with Crippen LogP contribution < -0.4 is 10.9 Å². The Hall–Kier alpha value is -0.840. The van der Waals surface area contributed by atoms with E-state index in [1.807, 2.05) is 0 Å². The van der Waals surface area contributed by atoms with Crippen molar-refractivity contribution in [2.45, 2.75) is 0 Å². The maximum Gasteiger partial charge on any atom is 0.363 e. The van der Waals surface area contributed by atoms with Crippen molar-refractivity contribution >= 4 is 47.2 Å². The molecule has 0 saturated heterocycles. The predicted molar refractivity (Wildman–Crippen MR) is 66.1 cm³/mol. The van der Waals surface area contributed by atoms with Gasteiger partial charge in [0.15, 0.2) is 0 Å². The molecule has 2 rings (SSSR count). The fraction of sp³-hybridized carbons (Fsp3) is 0. The largest absolute Gasteiger partial charge is 0.363 e. The van der Waals surface area contributed by atoms with E-state index in [1.165, 1.54) is 12.1 Å². The first kappa shape index (κ1) is 12.6. The van der Waals surface area contributed by atoms with Crippen molar-refractivity contribution in [1.29, 1.82) is 0 Å². The number of benzene rings is 1. The summed E-state index contributed by atoms with van der Waals surface area (Å²) in [6, 6.07) is 6.31. The molecule has 0 atom stereocenters. The van der Waals surface area contributed by atoms with Gasteiger partial charge in [0, 0.05) is 17.2 Å². The molecule has 0 aliphatic carbocycles. The van der Waals surface area contributed by atoms with Gasteiger partial charge in [0.1, 0.15) is 5.30 Å². The molecular formula is C9H6Cl2NO4P. The van der Waals surface area contributed by atoms with Crippen LogP contribution in [0.15, 0.2) is 29.1 Å². The maximum atomic E-state index is 11.7. The molecule has 0 aliphatic heterocycles. The molecule has 5 nitrogen and oxygen atoms in total. The van der Waals surface area contributed by atoms with Crippen molar-refractivity contribution in [2.24, 2.45) is 0 Å². The van der Waals surface area contributed by atoms with Gasteiger partial charge in [0.2, 0.25) is 0 Å². The lowest BCUT2D eigenvalue weighted by Crippen LogP contribution is -2.31. The van der Waals surface area contributed by atoms with Gasteiger partial charge in [-0.3, -0.25) is 9.36 Å².